The van der Waals surface area contributed by atoms with Gasteiger partial charge in [0, 0.05) is 16.8 Å². The van der Waals surface area contributed by atoms with Gasteiger partial charge < -0.3 is 5.11 Å². The van der Waals surface area contributed by atoms with Gasteiger partial charge in [-0.25, -0.2) is 0 Å². The standard InChI is InChI=1S/C19H17ClN2O2S/c20-17-10-9-16(25-17)18(22-11-3-6-15(22)19(23)24)14-8-7-12-4-1-2-5-13(12)21-14/h1-2,4-5,7-10,15,18H,3,6,11H2,(H,23,24). The molecule has 1 aromatic carbocycles. The van der Waals surface area contributed by atoms with E-state index in [1.807, 2.05) is 53.4 Å². The summed E-state index contributed by atoms with van der Waals surface area (Å²) in [5.74, 6) is -0.772. The Morgan fingerprint density at radius 3 is 2.84 bits per heavy atom. The van der Waals surface area contributed by atoms with Crippen LogP contribution in [0.15, 0.2) is 48.5 Å². The molecule has 4 nitrogen and oxygen atoms in total. The summed E-state index contributed by atoms with van der Waals surface area (Å²) in [5.41, 5.74) is 1.78. The number of benzene rings is 1. The van der Waals surface area contributed by atoms with E-state index in [1.54, 1.807) is 0 Å². The number of aliphatic carboxylic acids is 1. The van der Waals surface area contributed by atoms with Gasteiger partial charge in [0.25, 0.3) is 0 Å². The van der Waals surface area contributed by atoms with Gasteiger partial charge >= 0.3 is 5.97 Å². The first-order valence-electron chi connectivity index (χ1n) is 8.23. The van der Waals surface area contributed by atoms with Gasteiger partial charge in [-0.2, -0.15) is 0 Å². The maximum absolute atomic E-state index is 11.7. The molecule has 128 valence electrons. The maximum atomic E-state index is 11.7. The molecule has 25 heavy (non-hydrogen) atoms. The number of hydrogen-bond acceptors (Lipinski definition) is 4. The number of carboxylic acid groups (broad SMARTS) is 1. The lowest BCUT2D eigenvalue weighted by molar-refractivity contribution is -0.142. The Bertz CT molecular complexity index is 926. The Morgan fingerprint density at radius 2 is 2.08 bits per heavy atom. The highest BCUT2D eigenvalue weighted by molar-refractivity contribution is 7.16. The molecule has 1 aliphatic heterocycles. The van der Waals surface area contributed by atoms with Crippen LogP contribution < -0.4 is 0 Å². The molecular formula is C19H17ClN2O2S. The number of thiophene rings is 1. The van der Waals surface area contributed by atoms with Gasteiger partial charge in [0.1, 0.15) is 6.04 Å². The normalized spacial score (nSPS) is 19.3. The van der Waals surface area contributed by atoms with Gasteiger partial charge in [-0.1, -0.05) is 35.9 Å². The van der Waals surface area contributed by atoms with Crippen LogP contribution in [0.5, 0.6) is 0 Å². The topological polar surface area (TPSA) is 53.4 Å². The van der Waals surface area contributed by atoms with Crippen LogP contribution in [0, 0.1) is 0 Å². The number of halogens is 1. The van der Waals surface area contributed by atoms with E-state index >= 15 is 0 Å². The van der Waals surface area contributed by atoms with Crippen molar-refractivity contribution >= 4 is 39.8 Å². The maximum Gasteiger partial charge on any atom is 0.320 e. The van der Waals surface area contributed by atoms with Crippen LogP contribution in [0.1, 0.15) is 29.5 Å². The molecule has 1 fully saturated rings. The van der Waals surface area contributed by atoms with Crippen molar-refractivity contribution < 1.29 is 9.90 Å². The average molecular weight is 373 g/mol. The Hall–Kier alpha value is -1.95. The number of hydrogen-bond donors (Lipinski definition) is 1. The van der Waals surface area contributed by atoms with E-state index in [1.165, 1.54) is 11.3 Å². The van der Waals surface area contributed by atoms with Crippen LogP contribution in [0.4, 0.5) is 0 Å². The minimum atomic E-state index is -0.772. The predicted molar refractivity (Wildman–Crippen MR) is 100 cm³/mol. The molecule has 0 spiro atoms. The first kappa shape index (κ1) is 16.5. The predicted octanol–water partition coefficient (Wildman–Crippen LogP) is 4.59. The zero-order valence-corrected chi connectivity index (χ0v) is 15.0. The fourth-order valence-corrected chi connectivity index (χ4v) is 4.75. The van der Waals surface area contributed by atoms with Crippen molar-refractivity contribution in [2.45, 2.75) is 24.9 Å². The minimum absolute atomic E-state index is 0.189. The van der Waals surface area contributed by atoms with Crippen LogP contribution in [0.2, 0.25) is 4.34 Å². The second-order valence-corrected chi connectivity index (χ2v) is 7.95. The van der Waals surface area contributed by atoms with Crippen molar-refractivity contribution in [1.82, 2.24) is 9.88 Å². The summed E-state index contributed by atoms with van der Waals surface area (Å²) >= 11 is 7.64. The Balaban J connectivity index is 1.83. The fourth-order valence-electron chi connectivity index (χ4n) is 3.55. The van der Waals surface area contributed by atoms with Crippen LogP contribution in [-0.2, 0) is 4.79 Å². The average Bonchev–Trinajstić information content (AvgIpc) is 3.25. The van der Waals surface area contributed by atoms with Crippen molar-refractivity contribution in [3.63, 3.8) is 0 Å². The summed E-state index contributed by atoms with van der Waals surface area (Å²) in [5, 5.41) is 10.7. The summed E-state index contributed by atoms with van der Waals surface area (Å²) < 4.78 is 0.701. The second kappa shape index (κ2) is 6.75. The largest absolute Gasteiger partial charge is 0.480 e. The lowest BCUT2D eigenvalue weighted by atomic mass is 10.1. The molecule has 2 aromatic heterocycles. The van der Waals surface area contributed by atoms with E-state index in [2.05, 4.69) is 0 Å². The number of carboxylic acids is 1. The quantitative estimate of drug-likeness (QED) is 0.727. The Labute approximate surface area is 154 Å². The first-order chi connectivity index (χ1) is 12.1. The van der Waals surface area contributed by atoms with Gasteiger partial charge in [0.2, 0.25) is 0 Å². The summed E-state index contributed by atoms with van der Waals surface area (Å²) in [4.78, 5) is 19.6. The number of carbonyl (C=O) groups is 1. The monoisotopic (exact) mass is 372 g/mol. The molecule has 1 aliphatic rings. The Morgan fingerprint density at radius 1 is 1.24 bits per heavy atom. The summed E-state index contributed by atoms with van der Waals surface area (Å²) in [6.45, 7) is 0.742. The van der Waals surface area contributed by atoms with Gasteiger partial charge in [-0.15, -0.1) is 11.3 Å². The fraction of sp³-hybridized carbons (Fsp3) is 0.263. The number of pyridine rings is 1. The zero-order valence-electron chi connectivity index (χ0n) is 13.4. The van der Waals surface area contributed by atoms with E-state index in [0.717, 1.165) is 34.4 Å². The smallest absolute Gasteiger partial charge is 0.320 e. The highest BCUT2D eigenvalue weighted by atomic mass is 35.5. The number of fused-ring (bicyclic) bond motifs is 1. The molecule has 0 bridgehead atoms. The number of likely N-dealkylation sites (tertiary alicyclic amines) is 1. The van der Waals surface area contributed by atoms with Crippen molar-refractivity contribution in [1.29, 1.82) is 0 Å². The van der Waals surface area contributed by atoms with E-state index in [4.69, 9.17) is 16.6 Å². The van der Waals surface area contributed by atoms with Crippen molar-refractivity contribution in [3.8, 4) is 0 Å². The molecule has 2 atom stereocenters. The highest BCUT2D eigenvalue weighted by Gasteiger charge is 2.38. The number of para-hydroxylation sites is 1. The van der Waals surface area contributed by atoms with Crippen LogP contribution in [0.3, 0.4) is 0 Å². The van der Waals surface area contributed by atoms with Crippen LogP contribution in [-0.4, -0.2) is 33.5 Å². The second-order valence-electron chi connectivity index (χ2n) is 6.21. The summed E-state index contributed by atoms with van der Waals surface area (Å²) in [6, 6.07) is 15.2. The van der Waals surface area contributed by atoms with Crippen molar-refractivity contribution in [2.24, 2.45) is 0 Å². The van der Waals surface area contributed by atoms with Crippen molar-refractivity contribution in [3.05, 3.63) is 63.4 Å². The van der Waals surface area contributed by atoms with E-state index in [9.17, 15) is 9.90 Å². The SMILES string of the molecule is O=C(O)C1CCCN1C(c1ccc2ccccc2n1)c1ccc(Cl)s1. The molecule has 0 saturated carbocycles. The lowest BCUT2D eigenvalue weighted by Crippen LogP contribution is -2.39. The first-order valence-corrected chi connectivity index (χ1v) is 9.42. The molecule has 4 rings (SSSR count). The van der Waals surface area contributed by atoms with Gasteiger partial charge in [-0.3, -0.25) is 14.7 Å². The van der Waals surface area contributed by atoms with Gasteiger partial charge in [0.15, 0.2) is 0 Å². The third-order valence-corrected chi connectivity index (χ3v) is 5.96. The van der Waals surface area contributed by atoms with E-state index in [0.29, 0.717) is 10.8 Å². The molecule has 1 N–H and O–H groups in total. The molecule has 6 heteroatoms. The highest BCUT2D eigenvalue weighted by Crippen LogP contribution is 2.38. The number of aromatic nitrogens is 1. The van der Waals surface area contributed by atoms with E-state index < -0.39 is 12.0 Å². The molecule has 0 radical (unpaired) electrons. The van der Waals surface area contributed by atoms with Gasteiger partial charge in [-0.05, 0) is 37.1 Å². The molecule has 1 saturated heterocycles. The summed E-state index contributed by atoms with van der Waals surface area (Å²) in [7, 11) is 0. The number of rotatable bonds is 4. The molecule has 0 amide bonds. The summed E-state index contributed by atoms with van der Waals surface area (Å²) in [6.07, 6.45) is 1.54. The van der Waals surface area contributed by atoms with Crippen molar-refractivity contribution in [2.75, 3.05) is 6.54 Å². The van der Waals surface area contributed by atoms with E-state index in [-0.39, 0.29) is 6.04 Å². The third kappa shape index (κ3) is 3.15. The zero-order chi connectivity index (χ0) is 17.4. The minimum Gasteiger partial charge on any atom is -0.480 e. The molecule has 0 aliphatic carbocycles. The molecule has 2 unspecified atom stereocenters. The molecular weight excluding hydrogens is 356 g/mol. The molecule has 3 aromatic rings. The lowest BCUT2D eigenvalue weighted by Gasteiger charge is -2.30. The molecule has 3 heterocycles. The third-order valence-electron chi connectivity index (χ3n) is 4.67. The van der Waals surface area contributed by atoms with Gasteiger partial charge in [0.05, 0.1) is 21.6 Å². The van der Waals surface area contributed by atoms with Crippen LogP contribution >= 0.6 is 22.9 Å². The van der Waals surface area contributed by atoms with Crippen LogP contribution in [0.25, 0.3) is 10.9 Å². The Kier molecular flexibility index (Phi) is 4.46. The number of nitrogens with zero attached hydrogens (tertiary/aromatic N) is 2.